The molecule has 1 aromatic heterocycles. The van der Waals surface area contributed by atoms with E-state index in [0.717, 1.165) is 16.3 Å². The zero-order valence-electron chi connectivity index (χ0n) is 21.8. The van der Waals surface area contributed by atoms with E-state index in [-0.39, 0.29) is 62.9 Å². The average molecular weight is 547 g/mol. The van der Waals surface area contributed by atoms with E-state index in [2.05, 4.69) is 50.0 Å². The van der Waals surface area contributed by atoms with Crippen molar-refractivity contribution in [3.05, 3.63) is 74.2 Å². The van der Waals surface area contributed by atoms with Gasteiger partial charge in [0.15, 0.2) is 0 Å². The Kier molecular flexibility index (Phi) is 5.31. The lowest BCUT2D eigenvalue weighted by atomic mass is 9.68. The number of H-pyrrole nitrogens is 1. The van der Waals surface area contributed by atoms with Crippen LogP contribution in [0.4, 0.5) is 5.69 Å². The number of nitrogens with zero attached hydrogens (tertiary/aromatic N) is 1. The fraction of sp³-hybridized carbons (Fsp3) is 0.433. The summed E-state index contributed by atoms with van der Waals surface area (Å²) < 4.78 is 5.26. The van der Waals surface area contributed by atoms with Crippen molar-refractivity contribution in [1.29, 1.82) is 0 Å². The fourth-order valence-electron chi connectivity index (χ4n) is 7.57. The van der Waals surface area contributed by atoms with Crippen LogP contribution in [0.5, 0.6) is 5.75 Å². The second kappa shape index (κ2) is 8.33. The molecule has 2 aromatic carbocycles. The molecular weight excluding hydrogens is 516 g/mol. The molecule has 0 radical (unpaired) electrons. The molecule has 1 saturated heterocycles. The lowest BCUT2D eigenvalue weighted by Gasteiger charge is -2.43. The van der Waals surface area contributed by atoms with E-state index in [1.165, 1.54) is 27.4 Å². The number of carbonyl (C=O) groups excluding carboxylic acids is 2. The van der Waals surface area contributed by atoms with Crippen LogP contribution >= 0.6 is 23.1 Å². The number of carbonyl (C=O) groups is 2. The van der Waals surface area contributed by atoms with Gasteiger partial charge in [0.2, 0.25) is 11.8 Å². The molecule has 3 heterocycles. The molecule has 0 unspecified atom stereocenters. The lowest BCUT2D eigenvalue weighted by Crippen LogP contribution is -2.42. The van der Waals surface area contributed by atoms with E-state index in [4.69, 9.17) is 4.74 Å². The number of aromatic amines is 1. The number of nitrogens with one attached hydrogen (secondary N) is 1. The van der Waals surface area contributed by atoms with Gasteiger partial charge in [0.05, 0.1) is 29.7 Å². The summed E-state index contributed by atoms with van der Waals surface area (Å²) in [6.45, 7) is 6.62. The summed E-state index contributed by atoms with van der Waals surface area (Å²) in [5.74, 6) is 0.428. The standard InChI is InChI=1S/C30H30N2O4S2/c1-30(2,3)15-7-5-14(6-8-15)20-21-18-13-19(24(21)37-26-25(20)38-29(35)31-26)23-22(18)27(33)32(28(23)34)16-9-11-17(36-4)12-10-16/h5-12,18-24H,13H2,1-4H3,(H,31,35)/t18-,19-,20+,21-,22+,23-,24+/m1/s1. The van der Waals surface area contributed by atoms with Crippen LogP contribution in [0.1, 0.15) is 49.1 Å². The second-order valence-corrected chi connectivity index (χ2v) is 14.2. The molecule has 2 amide bonds. The van der Waals surface area contributed by atoms with Gasteiger partial charge in [-0.25, -0.2) is 0 Å². The van der Waals surface area contributed by atoms with E-state index in [1.807, 2.05) is 0 Å². The molecular formula is C30H30N2O4S2. The van der Waals surface area contributed by atoms with Gasteiger partial charge >= 0.3 is 4.87 Å². The molecule has 7 atom stereocenters. The van der Waals surface area contributed by atoms with Gasteiger partial charge in [0.1, 0.15) is 5.75 Å². The number of rotatable bonds is 3. The maximum Gasteiger partial charge on any atom is 0.305 e. The molecule has 196 valence electrons. The first kappa shape index (κ1) is 24.2. The minimum Gasteiger partial charge on any atom is -0.497 e. The third kappa shape index (κ3) is 3.35. The molecule has 3 aromatic rings. The Bertz CT molecular complexity index is 1500. The summed E-state index contributed by atoms with van der Waals surface area (Å²) in [6, 6.07) is 16.0. The van der Waals surface area contributed by atoms with Gasteiger partial charge in [-0.3, -0.25) is 19.3 Å². The van der Waals surface area contributed by atoms with Crippen molar-refractivity contribution in [3.63, 3.8) is 0 Å². The van der Waals surface area contributed by atoms with Gasteiger partial charge in [-0.05, 0) is 65.0 Å². The topological polar surface area (TPSA) is 79.5 Å². The van der Waals surface area contributed by atoms with Crippen LogP contribution in [0.25, 0.3) is 0 Å². The van der Waals surface area contributed by atoms with Gasteiger partial charge in [-0.1, -0.05) is 56.4 Å². The molecule has 4 aliphatic rings. The molecule has 38 heavy (non-hydrogen) atoms. The number of hydrogen-bond acceptors (Lipinski definition) is 6. The third-order valence-electron chi connectivity index (χ3n) is 9.19. The summed E-state index contributed by atoms with van der Waals surface area (Å²) in [4.78, 5) is 45.7. The van der Waals surface area contributed by atoms with Crippen LogP contribution in [-0.4, -0.2) is 29.2 Å². The number of imide groups is 1. The highest BCUT2D eigenvalue weighted by Crippen LogP contribution is 2.68. The molecule has 7 rings (SSSR count). The number of amides is 2. The minimum atomic E-state index is -0.301. The maximum atomic E-state index is 13.9. The van der Waals surface area contributed by atoms with Crippen molar-refractivity contribution >= 4 is 40.6 Å². The van der Waals surface area contributed by atoms with Crippen LogP contribution in [0.3, 0.4) is 0 Å². The third-order valence-corrected chi connectivity index (χ3v) is 11.8. The predicted molar refractivity (Wildman–Crippen MR) is 149 cm³/mol. The first-order valence-corrected chi connectivity index (χ1v) is 14.9. The number of methoxy groups -OCH3 is 1. The van der Waals surface area contributed by atoms with E-state index in [9.17, 15) is 14.4 Å². The summed E-state index contributed by atoms with van der Waals surface area (Å²) in [7, 11) is 1.60. The number of hydrogen-bond donors (Lipinski definition) is 1. The molecule has 2 aliphatic heterocycles. The zero-order chi connectivity index (χ0) is 26.5. The minimum absolute atomic E-state index is 0.0378. The largest absolute Gasteiger partial charge is 0.497 e. The maximum absolute atomic E-state index is 13.9. The molecule has 6 nitrogen and oxygen atoms in total. The Hall–Kier alpha value is -2.84. The number of fused-ring (bicyclic) bond motifs is 9. The predicted octanol–water partition coefficient (Wildman–Crippen LogP) is 5.42. The number of thioether (sulfide) groups is 1. The van der Waals surface area contributed by atoms with Gasteiger partial charge < -0.3 is 9.72 Å². The summed E-state index contributed by atoms with van der Waals surface area (Å²) >= 11 is 3.03. The van der Waals surface area contributed by atoms with Crippen LogP contribution in [0.15, 0.2) is 58.4 Å². The van der Waals surface area contributed by atoms with Gasteiger partial charge in [0, 0.05) is 16.0 Å². The molecule has 0 spiro atoms. The number of anilines is 1. The van der Waals surface area contributed by atoms with E-state index >= 15 is 0 Å². The van der Waals surface area contributed by atoms with Gasteiger partial charge in [-0.2, -0.15) is 0 Å². The van der Waals surface area contributed by atoms with Gasteiger partial charge in [0.25, 0.3) is 0 Å². The quantitative estimate of drug-likeness (QED) is 0.444. The normalized spacial score (nSPS) is 31.4. The molecule has 2 aliphatic carbocycles. The summed E-state index contributed by atoms with van der Waals surface area (Å²) in [6.07, 6.45) is 0.890. The number of aromatic nitrogens is 1. The lowest BCUT2D eigenvalue weighted by molar-refractivity contribution is -0.123. The molecule has 3 fully saturated rings. The number of ether oxygens (including phenoxy) is 1. The smallest absolute Gasteiger partial charge is 0.305 e. The van der Waals surface area contributed by atoms with Crippen molar-refractivity contribution in [1.82, 2.24) is 4.98 Å². The first-order chi connectivity index (χ1) is 18.2. The highest BCUT2D eigenvalue weighted by atomic mass is 32.2. The molecule has 2 bridgehead atoms. The molecule has 2 saturated carbocycles. The summed E-state index contributed by atoms with van der Waals surface area (Å²) in [5.41, 5.74) is 3.13. The van der Waals surface area contributed by atoms with E-state index < -0.39 is 0 Å². The van der Waals surface area contributed by atoms with Crippen LogP contribution in [-0.2, 0) is 15.0 Å². The Morgan fingerprint density at radius 1 is 0.921 bits per heavy atom. The zero-order valence-corrected chi connectivity index (χ0v) is 23.4. The highest BCUT2D eigenvalue weighted by molar-refractivity contribution is 8.00. The highest BCUT2D eigenvalue weighted by Gasteiger charge is 2.69. The monoisotopic (exact) mass is 546 g/mol. The van der Waals surface area contributed by atoms with Crippen molar-refractivity contribution in [2.45, 2.75) is 48.8 Å². The Labute approximate surface area is 229 Å². The Morgan fingerprint density at radius 2 is 1.58 bits per heavy atom. The molecule has 1 N–H and O–H groups in total. The van der Waals surface area contributed by atoms with Crippen LogP contribution in [0, 0.1) is 29.6 Å². The molecule has 8 heteroatoms. The second-order valence-electron chi connectivity index (χ2n) is 12.0. The van der Waals surface area contributed by atoms with Crippen molar-refractivity contribution < 1.29 is 14.3 Å². The van der Waals surface area contributed by atoms with Crippen molar-refractivity contribution in [3.8, 4) is 5.75 Å². The number of benzene rings is 2. The van der Waals surface area contributed by atoms with Gasteiger partial charge in [-0.15, -0.1) is 11.8 Å². The summed E-state index contributed by atoms with van der Waals surface area (Å²) in [5, 5.41) is 1.14. The number of thiazole rings is 1. The van der Waals surface area contributed by atoms with E-state index in [1.54, 1.807) is 43.1 Å². The van der Waals surface area contributed by atoms with Crippen LogP contribution in [0.2, 0.25) is 0 Å². The average Bonchev–Trinajstić information content (AvgIpc) is 3.62. The Balaban J connectivity index is 1.29. The van der Waals surface area contributed by atoms with Crippen LogP contribution < -0.4 is 14.5 Å². The fourth-order valence-corrected chi connectivity index (χ4v) is 10.5. The van der Waals surface area contributed by atoms with E-state index in [0.29, 0.717) is 11.4 Å². The Morgan fingerprint density at radius 3 is 2.21 bits per heavy atom. The SMILES string of the molecule is COc1ccc(N2C(=O)[C@@H]3[C@H]4C[C@@H]([C@@H]3C2=O)[C@@H]2[C@H](c3ccc(C(C)(C)C)cc3)c3sc(=O)[nH]c3S[C@@H]42)cc1. The van der Waals surface area contributed by atoms with Crippen molar-refractivity contribution in [2.75, 3.05) is 12.0 Å². The first-order valence-electron chi connectivity index (χ1n) is 13.2. The van der Waals surface area contributed by atoms with Crippen molar-refractivity contribution in [2.24, 2.45) is 29.6 Å².